The monoisotopic (exact) mass is 328 g/mol. The predicted octanol–water partition coefficient (Wildman–Crippen LogP) is 2.67. The second-order valence-corrected chi connectivity index (χ2v) is 6.46. The van der Waals surface area contributed by atoms with Crippen LogP contribution in [-0.4, -0.2) is 41.7 Å². The van der Waals surface area contributed by atoms with Crippen molar-refractivity contribution < 1.29 is 4.52 Å². The van der Waals surface area contributed by atoms with Gasteiger partial charge in [-0.1, -0.05) is 12.1 Å². The van der Waals surface area contributed by atoms with Crippen LogP contribution in [0.3, 0.4) is 0 Å². The Morgan fingerprint density at radius 3 is 3.00 bits per heavy atom. The Morgan fingerprint density at radius 2 is 2.33 bits per heavy atom. The molecule has 1 aliphatic rings. The standard InChI is InChI=1S/C14H20N4OS.ClH/c1-4-10-7-12(20-9(10)2)14-16-13(17-19-14)11-8-15-5-6-18(11)3;/h7,11,15H,4-6,8H2,1-3H3;1H. The molecule has 0 radical (unpaired) electrons. The molecule has 3 heterocycles. The first-order valence-corrected chi connectivity index (χ1v) is 7.85. The minimum absolute atomic E-state index is 0. The van der Waals surface area contributed by atoms with E-state index in [0.717, 1.165) is 36.8 Å². The molecule has 2 aromatic rings. The van der Waals surface area contributed by atoms with Crippen LogP contribution >= 0.6 is 23.7 Å². The molecule has 3 rings (SSSR count). The van der Waals surface area contributed by atoms with Crippen molar-refractivity contribution in [3.63, 3.8) is 0 Å². The van der Waals surface area contributed by atoms with Gasteiger partial charge in [-0.25, -0.2) is 0 Å². The lowest BCUT2D eigenvalue weighted by Gasteiger charge is -2.30. The van der Waals surface area contributed by atoms with E-state index >= 15 is 0 Å². The average Bonchev–Trinajstić information content (AvgIpc) is 3.05. The number of aromatic nitrogens is 2. The van der Waals surface area contributed by atoms with Gasteiger partial charge in [0.1, 0.15) is 0 Å². The summed E-state index contributed by atoms with van der Waals surface area (Å²) in [4.78, 5) is 9.27. The Balaban J connectivity index is 0.00000161. The number of thiophene rings is 1. The fourth-order valence-corrected chi connectivity index (χ4v) is 3.58. The van der Waals surface area contributed by atoms with Gasteiger partial charge >= 0.3 is 0 Å². The molecule has 0 spiro atoms. The van der Waals surface area contributed by atoms with Crippen LogP contribution in [0.25, 0.3) is 10.8 Å². The number of hydrogen-bond acceptors (Lipinski definition) is 6. The molecule has 1 saturated heterocycles. The highest BCUT2D eigenvalue weighted by atomic mass is 35.5. The summed E-state index contributed by atoms with van der Waals surface area (Å²) in [5.74, 6) is 1.42. The van der Waals surface area contributed by atoms with E-state index in [1.165, 1.54) is 10.4 Å². The lowest BCUT2D eigenvalue weighted by atomic mass is 10.2. The van der Waals surface area contributed by atoms with E-state index in [4.69, 9.17) is 4.52 Å². The van der Waals surface area contributed by atoms with Crippen LogP contribution in [0, 0.1) is 6.92 Å². The Labute approximate surface area is 135 Å². The topological polar surface area (TPSA) is 54.2 Å². The van der Waals surface area contributed by atoms with E-state index in [1.54, 1.807) is 11.3 Å². The maximum Gasteiger partial charge on any atom is 0.268 e. The first-order chi connectivity index (χ1) is 9.69. The molecule has 1 unspecified atom stereocenters. The van der Waals surface area contributed by atoms with Crippen molar-refractivity contribution in [1.82, 2.24) is 20.4 Å². The largest absolute Gasteiger partial charge is 0.333 e. The summed E-state index contributed by atoms with van der Waals surface area (Å²) in [6.45, 7) is 7.21. The van der Waals surface area contributed by atoms with Gasteiger partial charge in [-0.3, -0.25) is 4.90 Å². The van der Waals surface area contributed by atoms with E-state index in [1.807, 2.05) is 0 Å². The van der Waals surface area contributed by atoms with Gasteiger partial charge < -0.3 is 9.84 Å². The molecular weight excluding hydrogens is 308 g/mol. The number of piperazine rings is 1. The van der Waals surface area contributed by atoms with Gasteiger partial charge in [-0.05, 0) is 32.0 Å². The lowest BCUT2D eigenvalue weighted by Crippen LogP contribution is -2.44. The number of halogens is 1. The number of likely N-dealkylation sites (N-methyl/N-ethyl adjacent to an activating group) is 1. The van der Waals surface area contributed by atoms with Crippen molar-refractivity contribution in [3.05, 3.63) is 22.3 Å². The maximum atomic E-state index is 5.46. The fourth-order valence-electron chi connectivity index (χ4n) is 2.54. The SMILES string of the molecule is CCc1cc(-c2nc(C3CNCCN3C)no2)sc1C.Cl. The third-order valence-corrected chi connectivity index (χ3v) is 4.94. The molecule has 5 nitrogen and oxygen atoms in total. The van der Waals surface area contributed by atoms with Crippen LogP contribution in [0.4, 0.5) is 0 Å². The smallest absolute Gasteiger partial charge is 0.268 e. The number of nitrogens with zero attached hydrogens (tertiary/aromatic N) is 3. The van der Waals surface area contributed by atoms with Crippen molar-refractivity contribution in [2.75, 3.05) is 26.7 Å². The first kappa shape index (κ1) is 16.4. The molecule has 2 aromatic heterocycles. The molecular formula is C14H21ClN4OS. The van der Waals surface area contributed by atoms with Crippen LogP contribution in [0.5, 0.6) is 0 Å². The highest BCUT2D eigenvalue weighted by Gasteiger charge is 2.25. The van der Waals surface area contributed by atoms with E-state index < -0.39 is 0 Å². The van der Waals surface area contributed by atoms with Crippen molar-refractivity contribution >= 4 is 23.7 Å². The fraction of sp³-hybridized carbons (Fsp3) is 0.571. The summed E-state index contributed by atoms with van der Waals surface area (Å²) in [5, 5.41) is 7.54. The number of nitrogens with one attached hydrogen (secondary N) is 1. The molecule has 1 fully saturated rings. The molecule has 116 valence electrons. The van der Waals surface area contributed by atoms with E-state index in [2.05, 4.69) is 47.3 Å². The second kappa shape index (κ2) is 6.87. The Hall–Kier alpha value is -0.950. The molecule has 0 amide bonds. The van der Waals surface area contributed by atoms with Crippen molar-refractivity contribution in [2.24, 2.45) is 0 Å². The van der Waals surface area contributed by atoms with Gasteiger partial charge in [0.05, 0.1) is 10.9 Å². The van der Waals surface area contributed by atoms with Crippen LogP contribution in [0.2, 0.25) is 0 Å². The molecule has 0 aromatic carbocycles. The molecule has 1 aliphatic heterocycles. The number of hydrogen-bond donors (Lipinski definition) is 1. The number of aryl methyl sites for hydroxylation is 2. The molecule has 21 heavy (non-hydrogen) atoms. The maximum absolute atomic E-state index is 5.46. The normalized spacial score (nSPS) is 19.5. The average molecular weight is 329 g/mol. The van der Waals surface area contributed by atoms with E-state index in [0.29, 0.717) is 5.89 Å². The minimum Gasteiger partial charge on any atom is -0.333 e. The molecule has 0 saturated carbocycles. The van der Waals surface area contributed by atoms with Crippen LogP contribution in [0.1, 0.15) is 29.2 Å². The van der Waals surface area contributed by atoms with Crippen molar-refractivity contribution in [3.8, 4) is 10.8 Å². The third-order valence-electron chi connectivity index (χ3n) is 3.86. The summed E-state index contributed by atoms with van der Waals surface area (Å²) >= 11 is 1.73. The molecule has 0 bridgehead atoms. The second-order valence-electron chi connectivity index (χ2n) is 5.20. The van der Waals surface area contributed by atoms with E-state index in [-0.39, 0.29) is 18.4 Å². The first-order valence-electron chi connectivity index (χ1n) is 7.03. The highest BCUT2D eigenvalue weighted by molar-refractivity contribution is 7.15. The Morgan fingerprint density at radius 1 is 1.52 bits per heavy atom. The van der Waals surface area contributed by atoms with E-state index in [9.17, 15) is 0 Å². The molecule has 1 N–H and O–H groups in total. The van der Waals surface area contributed by atoms with Gasteiger partial charge in [0, 0.05) is 24.5 Å². The molecule has 1 atom stereocenters. The number of rotatable bonds is 3. The quantitative estimate of drug-likeness (QED) is 0.938. The molecule has 0 aliphatic carbocycles. The summed E-state index contributed by atoms with van der Waals surface area (Å²) < 4.78 is 5.46. The third kappa shape index (κ3) is 3.29. The lowest BCUT2D eigenvalue weighted by molar-refractivity contribution is 0.190. The molecule has 7 heteroatoms. The van der Waals surface area contributed by atoms with Gasteiger partial charge in [0.25, 0.3) is 5.89 Å². The van der Waals surface area contributed by atoms with Crippen LogP contribution in [-0.2, 0) is 6.42 Å². The Bertz CT molecular complexity index is 598. The zero-order valence-electron chi connectivity index (χ0n) is 12.5. The van der Waals surface area contributed by atoms with Crippen LogP contribution in [0.15, 0.2) is 10.6 Å². The minimum atomic E-state index is 0. The van der Waals surface area contributed by atoms with Gasteiger partial charge in [-0.15, -0.1) is 23.7 Å². The highest BCUT2D eigenvalue weighted by Crippen LogP contribution is 2.31. The van der Waals surface area contributed by atoms with Crippen LogP contribution < -0.4 is 5.32 Å². The predicted molar refractivity (Wildman–Crippen MR) is 87.2 cm³/mol. The Kier molecular flexibility index (Phi) is 5.37. The van der Waals surface area contributed by atoms with Crippen molar-refractivity contribution in [2.45, 2.75) is 26.3 Å². The summed E-state index contributed by atoms with van der Waals surface area (Å²) in [7, 11) is 2.10. The zero-order chi connectivity index (χ0) is 14.1. The van der Waals surface area contributed by atoms with Gasteiger partial charge in [0.15, 0.2) is 5.82 Å². The zero-order valence-corrected chi connectivity index (χ0v) is 14.2. The summed E-state index contributed by atoms with van der Waals surface area (Å²) in [5.41, 5.74) is 1.36. The van der Waals surface area contributed by atoms with Gasteiger partial charge in [0.2, 0.25) is 0 Å². The summed E-state index contributed by atoms with van der Waals surface area (Å²) in [6, 6.07) is 2.37. The summed E-state index contributed by atoms with van der Waals surface area (Å²) in [6.07, 6.45) is 1.04. The van der Waals surface area contributed by atoms with Gasteiger partial charge in [-0.2, -0.15) is 4.98 Å². The van der Waals surface area contributed by atoms with Crippen molar-refractivity contribution in [1.29, 1.82) is 0 Å².